The Morgan fingerprint density at radius 2 is 1.92 bits per heavy atom. The SMILES string of the molecule is O=C(CCc1ccccc1F)NCCCc1nc(-c2ccncc2)cs1. The standard InChI is InChI=1S/C20H20FN3OS/c21-17-5-2-1-4-15(17)7-8-19(25)23-11-3-6-20-24-18(14-26-20)16-9-12-22-13-10-16/h1-2,4-5,9-10,12-14H,3,6-8,11H2,(H,23,25). The number of aryl methyl sites for hydroxylation is 2. The zero-order valence-electron chi connectivity index (χ0n) is 14.3. The molecule has 0 unspecified atom stereocenters. The molecule has 0 aliphatic heterocycles. The molecule has 0 bridgehead atoms. The second-order valence-electron chi connectivity index (χ2n) is 5.91. The molecule has 0 saturated heterocycles. The first-order valence-corrected chi connectivity index (χ1v) is 9.45. The van der Waals surface area contributed by atoms with Crippen molar-refractivity contribution < 1.29 is 9.18 Å². The number of halogens is 1. The Morgan fingerprint density at radius 1 is 1.12 bits per heavy atom. The predicted molar refractivity (Wildman–Crippen MR) is 101 cm³/mol. The van der Waals surface area contributed by atoms with Gasteiger partial charge in [-0.25, -0.2) is 9.37 Å². The molecule has 0 aliphatic carbocycles. The molecule has 3 aromatic rings. The van der Waals surface area contributed by atoms with Gasteiger partial charge in [-0.3, -0.25) is 9.78 Å². The Hall–Kier alpha value is -2.60. The summed E-state index contributed by atoms with van der Waals surface area (Å²) >= 11 is 1.63. The molecule has 1 aromatic carbocycles. The fourth-order valence-corrected chi connectivity index (χ4v) is 3.44. The molecule has 1 N–H and O–H groups in total. The van der Waals surface area contributed by atoms with Crippen LogP contribution < -0.4 is 5.32 Å². The van der Waals surface area contributed by atoms with Crippen LogP contribution in [0.25, 0.3) is 11.3 Å². The number of nitrogens with one attached hydrogen (secondary N) is 1. The average molecular weight is 369 g/mol. The van der Waals surface area contributed by atoms with Gasteiger partial charge in [-0.1, -0.05) is 18.2 Å². The van der Waals surface area contributed by atoms with Gasteiger partial charge in [0.25, 0.3) is 0 Å². The van der Waals surface area contributed by atoms with E-state index in [1.807, 2.05) is 17.5 Å². The van der Waals surface area contributed by atoms with Gasteiger partial charge in [0.05, 0.1) is 10.7 Å². The summed E-state index contributed by atoms with van der Waals surface area (Å²) in [5.74, 6) is -0.307. The van der Waals surface area contributed by atoms with Crippen LogP contribution >= 0.6 is 11.3 Å². The number of nitrogens with zero attached hydrogens (tertiary/aromatic N) is 2. The molecule has 2 aromatic heterocycles. The third-order valence-corrected chi connectivity index (χ3v) is 4.91. The van der Waals surface area contributed by atoms with Gasteiger partial charge in [0.1, 0.15) is 5.82 Å². The van der Waals surface area contributed by atoms with Crippen LogP contribution in [0.4, 0.5) is 4.39 Å². The van der Waals surface area contributed by atoms with E-state index < -0.39 is 0 Å². The fourth-order valence-electron chi connectivity index (χ4n) is 2.59. The number of hydrogen-bond donors (Lipinski definition) is 1. The lowest BCUT2D eigenvalue weighted by molar-refractivity contribution is -0.121. The van der Waals surface area contributed by atoms with E-state index in [0.717, 1.165) is 29.1 Å². The van der Waals surface area contributed by atoms with Crippen molar-refractivity contribution in [2.75, 3.05) is 6.54 Å². The Balaban J connectivity index is 1.37. The van der Waals surface area contributed by atoms with Gasteiger partial charge in [0, 0.05) is 42.7 Å². The molecule has 26 heavy (non-hydrogen) atoms. The van der Waals surface area contributed by atoms with Crippen molar-refractivity contribution >= 4 is 17.2 Å². The van der Waals surface area contributed by atoms with E-state index in [0.29, 0.717) is 24.9 Å². The molecule has 6 heteroatoms. The lowest BCUT2D eigenvalue weighted by Gasteiger charge is -2.05. The van der Waals surface area contributed by atoms with Crippen molar-refractivity contribution in [3.63, 3.8) is 0 Å². The van der Waals surface area contributed by atoms with Crippen molar-refractivity contribution in [3.05, 3.63) is 70.6 Å². The molecule has 134 valence electrons. The molecule has 1 amide bonds. The highest BCUT2D eigenvalue weighted by Crippen LogP contribution is 2.21. The second kappa shape index (κ2) is 9.20. The van der Waals surface area contributed by atoms with Crippen molar-refractivity contribution in [1.29, 1.82) is 0 Å². The number of pyridine rings is 1. The van der Waals surface area contributed by atoms with Crippen molar-refractivity contribution in [1.82, 2.24) is 15.3 Å². The molecule has 0 saturated carbocycles. The summed E-state index contributed by atoms with van der Waals surface area (Å²) in [4.78, 5) is 20.5. The lowest BCUT2D eigenvalue weighted by atomic mass is 10.1. The van der Waals surface area contributed by atoms with Crippen molar-refractivity contribution in [2.24, 2.45) is 0 Å². The second-order valence-corrected chi connectivity index (χ2v) is 6.85. The summed E-state index contributed by atoms with van der Waals surface area (Å²) in [5.41, 5.74) is 2.60. The van der Waals surface area contributed by atoms with Crippen LogP contribution in [0.15, 0.2) is 54.2 Å². The van der Waals surface area contributed by atoms with Gasteiger partial charge in [-0.05, 0) is 36.6 Å². The van der Waals surface area contributed by atoms with Crippen LogP contribution in [0.5, 0.6) is 0 Å². The van der Waals surface area contributed by atoms with Crippen LogP contribution in [-0.4, -0.2) is 22.4 Å². The van der Waals surface area contributed by atoms with Crippen molar-refractivity contribution in [3.8, 4) is 11.3 Å². The summed E-state index contributed by atoms with van der Waals surface area (Å²) in [6.45, 7) is 0.597. The lowest BCUT2D eigenvalue weighted by Crippen LogP contribution is -2.25. The molecular formula is C20H20FN3OS. The molecule has 2 heterocycles. The topological polar surface area (TPSA) is 54.9 Å². The number of thiazole rings is 1. The quantitative estimate of drug-likeness (QED) is 0.610. The number of amides is 1. The Morgan fingerprint density at radius 3 is 2.73 bits per heavy atom. The predicted octanol–water partition coefficient (Wildman–Crippen LogP) is 4.03. The third kappa shape index (κ3) is 5.20. The maximum absolute atomic E-state index is 13.5. The fraction of sp³-hybridized carbons (Fsp3) is 0.250. The van der Waals surface area contributed by atoms with Gasteiger partial charge in [0.15, 0.2) is 0 Å². The van der Waals surface area contributed by atoms with E-state index in [4.69, 9.17) is 0 Å². The van der Waals surface area contributed by atoms with Crippen LogP contribution in [0.3, 0.4) is 0 Å². The van der Waals surface area contributed by atoms with Crippen LogP contribution in [0.2, 0.25) is 0 Å². The molecule has 0 fully saturated rings. The monoisotopic (exact) mass is 369 g/mol. The molecule has 4 nitrogen and oxygen atoms in total. The third-order valence-electron chi connectivity index (χ3n) is 4.00. The van der Waals surface area contributed by atoms with E-state index in [1.54, 1.807) is 41.9 Å². The number of carbonyl (C=O) groups excluding carboxylic acids is 1. The average Bonchev–Trinajstić information content (AvgIpc) is 3.14. The minimum absolute atomic E-state index is 0.0510. The highest BCUT2D eigenvalue weighted by molar-refractivity contribution is 7.09. The number of hydrogen-bond acceptors (Lipinski definition) is 4. The minimum Gasteiger partial charge on any atom is -0.356 e. The molecule has 0 radical (unpaired) electrons. The highest BCUT2D eigenvalue weighted by atomic mass is 32.1. The van der Waals surface area contributed by atoms with Crippen molar-refractivity contribution in [2.45, 2.75) is 25.7 Å². The maximum atomic E-state index is 13.5. The van der Waals surface area contributed by atoms with E-state index >= 15 is 0 Å². The first-order chi connectivity index (χ1) is 12.7. The summed E-state index contributed by atoms with van der Waals surface area (Å²) in [6, 6.07) is 10.4. The van der Waals surface area contributed by atoms with E-state index in [1.165, 1.54) is 6.07 Å². The van der Waals surface area contributed by atoms with Crippen LogP contribution in [0, 0.1) is 5.82 Å². The number of benzene rings is 1. The first-order valence-electron chi connectivity index (χ1n) is 8.57. The number of aromatic nitrogens is 2. The van der Waals surface area contributed by atoms with Crippen LogP contribution in [0.1, 0.15) is 23.4 Å². The Bertz CT molecular complexity index is 851. The van der Waals surface area contributed by atoms with Gasteiger partial charge in [-0.2, -0.15) is 0 Å². The van der Waals surface area contributed by atoms with E-state index in [-0.39, 0.29) is 11.7 Å². The molecule has 0 spiro atoms. The molecule has 0 aliphatic rings. The minimum atomic E-state index is -0.255. The summed E-state index contributed by atoms with van der Waals surface area (Å²) in [5, 5.41) is 5.98. The van der Waals surface area contributed by atoms with Gasteiger partial charge in [-0.15, -0.1) is 11.3 Å². The highest BCUT2D eigenvalue weighted by Gasteiger charge is 2.07. The zero-order valence-corrected chi connectivity index (χ0v) is 15.1. The van der Waals surface area contributed by atoms with Crippen LogP contribution in [-0.2, 0) is 17.6 Å². The number of carbonyl (C=O) groups is 1. The molecule has 3 rings (SSSR count). The smallest absolute Gasteiger partial charge is 0.220 e. The Labute approximate surface area is 156 Å². The zero-order chi connectivity index (χ0) is 18.2. The van der Waals surface area contributed by atoms with Gasteiger partial charge < -0.3 is 5.32 Å². The maximum Gasteiger partial charge on any atom is 0.220 e. The Kier molecular flexibility index (Phi) is 6.44. The van der Waals surface area contributed by atoms with E-state index in [9.17, 15) is 9.18 Å². The summed E-state index contributed by atoms with van der Waals surface area (Å²) in [6.07, 6.45) is 5.87. The molecule has 0 atom stereocenters. The van der Waals surface area contributed by atoms with Gasteiger partial charge in [0.2, 0.25) is 5.91 Å². The number of rotatable bonds is 8. The summed E-state index contributed by atoms with van der Waals surface area (Å²) < 4.78 is 13.5. The normalized spacial score (nSPS) is 10.7. The first kappa shape index (κ1) is 18.2. The molecular weight excluding hydrogens is 349 g/mol. The summed E-state index contributed by atoms with van der Waals surface area (Å²) in [7, 11) is 0. The van der Waals surface area contributed by atoms with Gasteiger partial charge >= 0.3 is 0 Å². The van der Waals surface area contributed by atoms with E-state index in [2.05, 4.69) is 15.3 Å². The largest absolute Gasteiger partial charge is 0.356 e.